The maximum absolute atomic E-state index is 13.1. The normalized spacial score (nSPS) is 15.1. The summed E-state index contributed by atoms with van der Waals surface area (Å²) in [5.41, 5.74) is 2.59. The van der Waals surface area contributed by atoms with Crippen LogP contribution in [-0.4, -0.2) is 91.5 Å². The monoisotopic (exact) mass is 1220 g/mol. The van der Waals surface area contributed by atoms with Crippen molar-refractivity contribution in [2.24, 2.45) is 7.05 Å². The van der Waals surface area contributed by atoms with E-state index in [-0.39, 0.29) is 24.7 Å². The molecule has 26 heteroatoms. The van der Waals surface area contributed by atoms with Crippen LogP contribution in [0.15, 0.2) is 134 Å². The molecule has 0 bridgehead atoms. The fourth-order valence-corrected chi connectivity index (χ4v) is 9.54. The predicted octanol–water partition coefficient (Wildman–Crippen LogP) is 13.9. The lowest BCUT2D eigenvalue weighted by Gasteiger charge is -2.29. The number of halogens is 8. The first kappa shape index (κ1) is 61.1. The van der Waals surface area contributed by atoms with E-state index in [1.54, 1.807) is 89.5 Å². The number of aromatic nitrogens is 7. The second kappa shape index (κ2) is 28.2. The summed E-state index contributed by atoms with van der Waals surface area (Å²) in [6, 6.07) is 31.3. The number of amides is 2. The van der Waals surface area contributed by atoms with Crippen molar-refractivity contribution in [3.63, 3.8) is 0 Å². The smallest absolute Gasteiger partial charge is 0.438 e. The average Bonchev–Trinajstić information content (AvgIpc) is 4.35. The molecule has 5 aromatic carbocycles. The minimum absolute atomic E-state index is 0.0606. The number of carbonyl (C=O) groups excluding carboxylic acids is 2. The number of hydrogen-bond donors (Lipinski definition) is 0. The molecule has 4 heterocycles. The van der Waals surface area contributed by atoms with E-state index in [1.807, 2.05) is 43.3 Å². The van der Waals surface area contributed by atoms with Crippen LogP contribution in [0, 0.1) is 0 Å². The van der Waals surface area contributed by atoms with Crippen LogP contribution in [0.3, 0.4) is 0 Å². The Morgan fingerprint density at radius 1 is 0.825 bits per heavy atom. The Labute approximate surface area is 488 Å². The molecule has 0 saturated carbocycles. The molecule has 1 fully saturated rings. The maximum Gasteiger partial charge on any atom is 0.438 e. The van der Waals surface area contributed by atoms with Gasteiger partial charge in [0.25, 0.3) is 12.3 Å². The third-order valence-corrected chi connectivity index (χ3v) is 13.4. The SMILES string of the molecule is CC1COC(Cn2cncn2)(c2ccc(Oc3ccc(Cl)cc3)cc2Cl)O1.COC(=O)N(OC)c1ccccc1COc1ccn(-c2ccc(Cl)cc2)n1.CON(C(=O)c1cn(C)nc1C(F)F)C(C)Cc1c(Cl)cc(Cl)cc1Cl. The third-order valence-electron chi connectivity index (χ3n) is 11.6. The molecule has 3 atom stereocenters. The molecule has 0 aliphatic carbocycles. The molecule has 1 aliphatic rings. The van der Waals surface area contributed by atoms with Crippen LogP contribution in [0.4, 0.5) is 19.3 Å². The zero-order valence-electron chi connectivity index (χ0n) is 43.5. The summed E-state index contributed by atoms with van der Waals surface area (Å²) in [5, 5.41) is 17.1. The van der Waals surface area contributed by atoms with Crippen LogP contribution in [0.5, 0.6) is 17.4 Å². The number of carbonyl (C=O) groups is 2. The van der Waals surface area contributed by atoms with Crippen LogP contribution in [0.2, 0.25) is 30.1 Å². The molecule has 422 valence electrons. The number of nitrogens with zero attached hydrogens (tertiary/aromatic N) is 9. The molecule has 2 amide bonds. The summed E-state index contributed by atoms with van der Waals surface area (Å²) in [7, 11) is 5.41. The van der Waals surface area contributed by atoms with Gasteiger partial charge in [0.05, 0.1) is 62.0 Å². The van der Waals surface area contributed by atoms with E-state index in [1.165, 1.54) is 53.0 Å². The number of rotatable bonds is 17. The third kappa shape index (κ3) is 15.7. The lowest BCUT2D eigenvalue weighted by Crippen LogP contribution is -2.39. The number of para-hydroxylation sites is 1. The van der Waals surface area contributed by atoms with E-state index in [9.17, 15) is 18.4 Å². The first-order chi connectivity index (χ1) is 38.3. The van der Waals surface area contributed by atoms with Gasteiger partial charge in [-0.3, -0.25) is 19.2 Å². The van der Waals surface area contributed by atoms with Gasteiger partial charge in [0.2, 0.25) is 11.7 Å². The first-order valence-corrected chi connectivity index (χ1v) is 26.2. The van der Waals surface area contributed by atoms with Crippen molar-refractivity contribution in [3.05, 3.63) is 192 Å². The lowest BCUT2D eigenvalue weighted by atomic mass is 10.1. The zero-order valence-corrected chi connectivity index (χ0v) is 48.0. The Balaban J connectivity index is 0.000000173. The zero-order chi connectivity index (χ0) is 57.7. The highest BCUT2D eigenvalue weighted by Gasteiger charge is 2.44. The number of benzene rings is 5. The van der Waals surface area contributed by atoms with Gasteiger partial charge in [-0.2, -0.15) is 15.3 Å². The van der Waals surface area contributed by atoms with Gasteiger partial charge in [-0.05, 0) is 111 Å². The van der Waals surface area contributed by atoms with Gasteiger partial charge in [0.1, 0.15) is 43.0 Å². The van der Waals surface area contributed by atoms with Gasteiger partial charge < -0.3 is 23.7 Å². The van der Waals surface area contributed by atoms with E-state index >= 15 is 0 Å². The second-order valence-corrected chi connectivity index (χ2v) is 19.9. The summed E-state index contributed by atoms with van der Waals surface area (Å²) < 4.78 is 59.2. The van der Waals surface area contributed by atoms with Crippen LogP contribution in [-0.2, 0) is 56.3 Å². The Hall–Kier alpha value is -6.56. The van der Waals surface area contributed by atoms with E-state index in [2.05, 4.69) is 20.3 Å². The fourth-order valence-electron chi connectivity index (χ4n) is 8.01. The second-order valence-electron chi connectivity index (χ2n) is 17.3. The van der Waals surface area contributed by atoms with E-state index in [0.717, 1.165) is 26.1 Å². The predicted molar refractivity (Wildman–Crippen MR) is 298 cm³/mol. The summed E-state index contributed by atoms with van der Waals surface area (Å²) in [5.74, 6) is -0.0369. The van der Waals surface area contributed by atoms with Crippen LogP contribution in [0.1, 0.15) is 53.0 Å². The fraction of sp³-hybridized carbons (Fsp3) is 0.259. The minimum atomic E-state index is -2.88. The molecule has 9 rings (SSSR count). The molecule has 0 N–H and O–H groups in total. The Morgan fingerprint density at radius 3 is 2.10 bits per heavy atom. The number of hydroxylamine groups is 3. The molecule has 8 aromatic rings. The number of aryl methyl sites for hydroxylation is 1. The largest absolute Gasteiger partial charge is 0.472 e. The van der Waals surface area contributed by atoms with Gasteiger partial charge >= 0.3 is 6.09 Å². The molecular formula is C54H51Cl6F2N9O9. The van der Waals surface area contributed by atoms with Crippen molar-refractivity contribution in [3.8, 4) is 23.1 Å². The lowest BCUT2D eigenvalue weighted by molar-refractivity contribution is -0.186. The van der Waals surface area contributed by atoms with Gasteiger partial charge in [0.15, 0.2) is 0 Å². The molecule has 1 saturated heterocycles. The number of hydrogen-bond acceptors (Lipinski definition) is 13. The van der Waals surface area contributed by atoms with Crippen LogP contribution < -0.4 is 14.5 Å². The van der Waals surface area contributed by atoms with Gasteiger partial charge in [-0.15, -0.1) is 5.10 Å². The molecular weight excluding hydrogens is 1170 g/mol. The van der Waals surface area contributed by atoms with Gasteiger partial charge in [-0.25, -0.2) is 33.0 Å². The van der Waals surface area contributed by atoms with Crippen molar-refractivity contribution in [1.82, 2.24) is 39.4 Å². The molecule has 3 aromatic heterocycles. The van der Waals surface area contributed by atoms with E-state index in [0.29, 0.717) is 77.5 Å². The highest BCUT2D eigenvalue weighted by Crippen LogP contribution is 2.41. The maximum atomic E-state index is 13.1. The van der Waals surface area contributed by atoms with E-state index in [4.69, 9.17) is 103 Å². The van der Waals surface area contributed by atoms with Gasteiger partial charge in [-0.1, -0.05) is 87.8 Å². The number of alkyl halides is 2. The summed E-state index contributed by atoms with van der Waals surface area (Å²) in [6.45, 7) is 4.64. The molecule has 0 spiro atoms. The minimum Gasteiger partial charge on any atom is -0.472 e. The number of methoxy groups -OCH3 is 1. The van der Waals surface area contributed by atoms with Crippen molar-refractivity contribution in [2.75, 3.05) is 33.0 Å². The highest BCUT2D eigenvalue weighted by molar-refractivity contribution is 6.39. The summed E-state index contributed by atoms with van der Waals surface area (Å²) >= 11 is 36.6. The first-order valence-electron chi connectivity index (χ1n) is 24.0. The molecule has 80 heavy (non-hydrogen) atoms. The average molecular weight is 1220 g/mol. The Morgan fingerprint density at radius 2 is 1.50 bits per heavy atom. The van der Waals surface area contributed by atoms with Gasteiger partial charge in [0, 0.05) is 61.7 Å². The van der Waals surface area contributed by atoms with Crippen molar-refractivity contribution in [2.45, 2.75) is 57.8 Å². The molecule has 18 nitrogen and oxygen atoms in total. The molecule has 0 radical (unpaired) electrons. The van der Waals surface area contributed by atoms with Crippen molar-refractivity contribution < 1.29 is 51.7 Å². The van der Waals surface area contributed by atoms with Crippen molar-refractivity contribution in [1.29, 1.82) is 0 Å². The quantitative estimate of drug-likeness (QED) is 0.0789. The number of anilines is 1. The summed E-state index contributed by atoms with van der Waals surface area (Å²) in [6.07, 6.45) is 2.76. The topological polar surface area (TPSA) is 172 Å². The van der Waals surface area contributed by atoms with Crippen LogP contribution in [0.25, 0.3) is 5.69 Å². The Kier molecular flexibility index (Phi) is 21.5. The standard InChI is InChI=1S/C19H17Cl2N3O3.C19H18ClN3O4.C16H16Cl3F2N3O2/c1-13-9-25-19(27-13,10-24-12-22-11-23-24)17-7-6-16(8-18(17)21)26-15-4-2-14(20)3-5-15;1-25-19(24)23(26-2)17-6-4-3-5-14(17)13-27-18-11-12-22(21-18)16-9-7-15(20)8-10-16;1-8(4-10-12(18)5-9(17)6-13(10)19)24(26-3)16(25)11-7-23(2)22-14(11)15(20)21/h2-8,11-13H,9-10H2,1H3;3-12H,13H2,1-2H3;5-8,15H,4H2,1-3H3. The van der Waals surface area contributed by atoms with Crippen LogP contribution >= 0.6 is 69.6 Å². The molecule has 3 unspecified atom stereocenters. The van der Waals surface area contributed by atoms with E-state index < -0.39 is 35.9 Å². The number of ether oxygens (including phenoxy) is 5. The summed E-state index contributed by atoms with van der Waals surface area (Å²) in [4.78, 5) is 38.8. The Bertz CT molecular complexity index is 3320. The van der Waals surface area contributed by atoms with Crippen molar-refractivity contribution >= 4 is 87.3 Å². The molecule has 1 aliphatic heterocycles. The highest BCUT2D eigenvalue weighted by atomic mass is 35.5.